The van der Waals surface area contributed by atoms with Crippen molar-refractivity contribution in [1.29, 1.82) is 0 Å². The summed E-state index contributed by atoms with van der Waals surface area (Å²) in [5.41, 5.74) is 2.10. The van der Waals surface area contributed by atoms with Gasteiger partial charge in [-0.25, -0.2) is 4.79 Å². The van der Waals surface area contributed by atoms with E-state index in [-0.39, 0.29) is 17.9 Å². The number of rotatable bonds is 3. The van der Waals surface area contributed by atoms with Gasteiger partial charge in [-0.15, -0.1) is 0 Å². The number of fused-ring (bicyclic) bond motifs is 1. The van der Waals surface area contributed by atoms with Crippen LogP contribution in [0.25, 0.3) is 0 Å². The van der Waals surface area contributed by atoms with Crippen LogP contribution < -0.4 is 0 Å². The van der Waals surface area contributed by atoms with Crippen LogP contribution in [0.3, 0.4) is 0 Å². The van der Waals surface area contributed by atoms with Crippen molar-refractivity contribution in [2.45, 2.75) is 19.3 Å². The van der Waals surface area contributed by atoms with Gasteiger partial charge in [-0.3, -0.25) is 4.79 Å². The molecule has 0 aromatic heterocycles. The smallest absolute Gasteiger partial charge is 0.337 e. The van der Waals surface area contributed by atoms with Crippen LogP contribution in [0.5, 0.6) is 0 Å². The highest BCUT2D eigenvalue weighted by Crippen LogP contribution is 2.52. The molecule has 2 unspecified atom stereocenters. The molecule has 2 atom stereocenters. The number of cyclic esters (lactones) is 1. The van der Waals surface area contributed by atoms with Gasteiger partial charge in [0.25, 0.3) is 0 Å². The van der Waals surface area contributed by atoms with Gasteiger partial charge in [0.05, 0.1) is 24.7 Å². The van der Waals surface area contributed by atoms with Crippen LogP contribution >= 0.6 is 15.9 Å². The molecule has 3 rings (SSSR count). The summed E-state index contributed by atoms with van der Waals surface area (Å²) in [7, 11) is 1.35. The minimum absolute atomic E-state index is 0.125. The van der Waals surface area contributed by atoms with Gasteiger partial charge in [0.1, 0.15) is 0 Å². The average molecular weight is 365 g/mol. The maximum absolute atomic E-state index is 12.3. The summed E-state index contributed by atoms with van der Waals surface area (Å²) < 4.78 is 10.8. The minimum Gasteiger partial charge on any atom is -0.465 e. The molecule has 0 radical (unpaired) electrons. The van der Waals surface area contributed by atoms with Crippen molar-refractivity contribution in [3.63, 3.8) is 0 Å². The summed E-state index contributed by atoms with van der Waals surface area (Å²) in [6, 6.07) is 5.33. The summed E-state index contributed by atoms with van der Waals surface area (Å²) >= 11 is 3.50. The monoisotopic (exact) mass is 364 g/mol. The molecule has 1 aromatic rings. The Balaban J connectivity index is 1.91. The van der Waals surface area contributed by atoms with Crippen molar-refractivity contribution in [3.05, 3.63) is 46.0 Å². The lowest BCUT2D eigenvalue weighted by Gasteiger charge is -2.24. The van der Waals surface area contributed by atoms with Crippen LogP contribution in [-0.4, -0.2) is 25.7 Å². The van der Waals surface area contributed by atoms with E-state index in [2.05, 4.69) is 22.5 Å². The fourth-order valence-electron chi connectivity index (χ4n) is 3.54. The molecule has 1 saturated carbocycles. The zero-order chi connectivity index (χ0) is 15.9. The van der Waals surface area contributed by atoms with Crippen LogP contribution in [0, 0.1) is 11.3 Å². The Bertz CT molecular complexity index is 667. The van der Waals surface area contributed by atoms with Crippen LogP contribution in [0.15, 0.2) is 34.8 Å². The number of ether oxygens (including phenoxy) is 2. The van der Waals surface area contributed by atoms with Crippen LogP contribution in [0.2, 0.25) is 0 Å². The zero-order valence-corrected chi connectivity index (χ0v) is 13.9. The van der Waals surface area contributed by atoms with Crippen molar-refractivity contribution >= 4 is 27.9 Å². The van der Waals surface area contributed by atoms with Gasteiger partial charge in [0.15, 0.2) is 0 Å². The Morgan fingerprint density at radius 2 is 2.32 bits per heavy atom. The third-order valence-corrected chi connectivity index (χ3v) is 5.42. The number of hydrogen-bond acceptors (Lipinski definition) is 4. The first kappa shape index (κ1) is 15.3. The van der Waals surface area contributed by atoms with E-state index >= 15 is 0 Å². The van der Waals surface area contributed by atoms with Crippen molar-refractivity contribution in [2.24, 2.45) is 11.3 Å². The second kappa shape index (κ2) is 5.54. The number of hydrogen-bond donors (Lipinski definition) is 0. The molecule has 1 heterocycles. The van der Waals surface area contributed by atoms with Gasteiger partial charge in [-0.2, -0.15) is 0 Å². The normalized spacial score (nSPS) is 26.7. The molecule has 0 N–H and O–H groups in total. The van der Waals surface area contributed by atoms with Crippen LogP contribution in [0.4, 0.5) is 0 Å². The van der Waals surface area contributed by atoms with E-state index in [1.54, 1.807) is 12.1 Å². The van der Waals surface area contributed by atoms with Gasteiger partial charge in [0, 0.05) is 10.4 Å². The standard InChI is InChI=1S/C17H17BrO4/c1-10-5-13-9-22-16(20)17(13,7-10)8-12-4-3-11(6-14(12)18)15(19)21-2/h3-4,6,13H,1,5,7-9H2,2H3. The molecule has 1 saturated heterocycles. The van der Waals surface area contributed by atoms with E-state index in [4.69, 9.17) is 9.47 Å². The molecule has 0 bridgehead atoms. The Kier molecular flexibility index (Phi) is 3.85. The Morgan fingerprint density at radius 1 is 1.55 bits per heavy atom. The van der Waals surface area contributed by atoms with Crippen molar-refractivity contribution in [2.75, 3.05) is 13.7 Å². The van der Waals surface area contributed by atoms with E-state index < -0.39 is 5.41 Å². The Hall–Kier alpha value is -1.62. The molecule has 2 fully saturated rings. The molecular formula is C17H17BrO4. The number of benzene rings is 1. The summed E-state index contributed by atoms with van der Waals surface area (Å²) in [4.78, 5) is 23.9. The summed E-state index contributed by atoms with van der Waals surface area (Å²) in [6.45, 7) is 4.53. The highest BCUT2D eigenvalue weighted by Gasteiger charge is 2.56. The third-order valence-electron chi connectivity index (χ3n) is 4.68. The van der Waals surface area contributed by atoms with Gasteiger partial charge >= 0.3 is 11.9 Å². The van der Waals surface area contributed by atoms with E-state index in [1.807, 2.05) is 6.07 Å². The van der Waals surface area contributed by atoms with Crippen molar-refractivity contribution < 1.29 is 19.1 Å². The summed E-state index contributed by atoms with van der Waals surface area (Å²) in [5, 5.41) is 0. The topological polar surface area (TPSA) is 52.6 Å². The van der Waals surface area contributed by atoms with Crippen LogP contribution in [0.1, 0.15) is 28.8 Å². The lowest BCUT2D eigenvalue weighted by Crippen LogP contribution is -2.31. The third kappa shape index (κ3) is 2.37. The SMILES string of the molecule is C=C1CC2COC(=O)C2(Cc2ccc(C(=O)OC)cc2Br)C1. The number of halogens is 1. The lowest BCUT2D eigenvalue weighted by atomic mass is 9.75. The van der Waals surface area contributed by atoms with Gasteiger partial charge < -0.3 is 9.47 Å². The molecule has 1 aromatic carbocycles. The van der Waals surface area contributed by atoms with Gasteiger partial charge in [0.2, 0.25) is 0 Å². The maximum Gasteiger partial charge on any atom is 0.337 e. The average Bonchev–Trinajstić information content (AvgIpc) is 2.96. The number of esters is 2. The molecule has 22 heavy (non-hydrogen) atoms. The van der Waals surface area contributed by atoms with E-state index in [9.17, 15) is 9.59 Å². The summed E-state index contributed by atoms with van der Waals surface area (Å²) in [5.74, 6) is -0.294. The lowest BCUT2D eigenvalue weighted by molar-refractivity contribution is -0.146. The van der Waals surface area contributed by atoms with Crippen molar-refractivity contribution in [3.8, 4) is 0 Å². The zero-order valence-electron chi connectivity index (χ0n) is 12.4. The molecule has 116 valence electrons. The molecule has 4 nitrogen and oxygen atoms in total. The fourth-order valence-corrected chi connectivity index (χ4v) is 4.06. The van der Waals surface area contributed by atoms with E-state index in [1.165, 1.54) is 7.11 Å². The predicted molar refractivity (Wildman–Crippen MR) is 84.4 cm³/mol. The fraction of sp³-hybridized carbons (Fsp3) is 0.412. The van der Waals surface area contributed by atoms with E-state index in [0.717, 1.165) is 22.0 Å². The first-order valence-corrected chi connectivity index (χ1v) is 7.96. The minimum atomic E-state index is -0.494. The highest BCUT2D eigenvalue weighted by molar-refractivity contribution is 9.10. The van der Waals surface area contributed by atoms with Gasteiger partial charge in [-0.05, 0) is 37.0 Å². The number of methoxy groups -OCH3 is 1. The second-order valence-electron chi connectivity index (χ2n) is 6.06. The molecule has 2 aliphatic rings. The summed E-state index contributed by atoms with van der Waals surface area (Å²) in [6.07, 6.45) is 2.13. The molecule has 0 amide bonds. The molecular weight excluding hydrogens is 348 g/mol. The largest absolute Gasteiger partial charge is 0.465 e. The highest BCUT2D eigenvalue weighted by atomic mass is 79.9. The number of allylic oxidation sites excluding steroid dienone is 1. The predicted octanol–water partition coefficient (Wildman–Crippen LogP) is 3.29. The maximum atomic E-state index is 12.3. The van der Waals surface area contributed by atoms with Crippen molar-refractivity contribution in [1.82, 2.24) is 0 Å². The number of carbonyl (C=O) groups excluding carboxylic acids is 2. The first-order valence-electron chi connectivity index (χ1n) is 7.17. The molecule has 0 spiro atoms. The molecule has 1 aliphatic carbocycles. The number of carbonyl (C=O) groups is 2. The van der Waals surface area contributed by atoms with E-state index in [0.29, 0.717) is 25.0 Å². The van der Waals surface area contributed by atoms with Crippen LogP contribution in [-0.2, 0) is 20.7 Å². The molecule has 1 aliphatic heterocycles. The Morgan fingerprint density at radius 3 is 3.00 bits per heavy atom. The first-order chi connectivity index (χ1) is 10.5. The Labute approximate surface area is 137 Å². The molecule has 5 heteroatoms. The second-order valence-corrected chi connectivity index (χ2v) is 6.91. The quantitative estimate of drug-likeness (QED) is 0.609. The van der Waals surface area contributed by atoms with Gasteiger partial charge in [-0.1, -0.05) is 34.1 Å².